The molecule has 70 valence electrons. The summed E-state index contributed by atoms with van der Waals surface area (Å²) in [5.74, 6) is -0.423. The van der Waals surface area contributed by atoms with E-state index in [1.807, 2.05) is 0 Å². The van der Waals surface area contributed by atoms with Gasteiger partial charge in [-0.15, -0.1) is 0 Å². The largest absolute Gasteiger partial charge is 0.492 e. The van der Waals surface area contributed by atoms with Crippen LogP contribution in [0.5, 0.6) is 5.75 Å². The van der Waals surface area contributed by atoms with Crippen LogP contribution in [0, 0.1) is 5.82 Å². The van der Waals surface area contributed by atoms with Gasteiger partial charge in [-0.05, 0) is 18.5 Å². The van der Waals surface area contributed by atoms with Crippen molar-refractivity contribution in [3.05, 3.63) is 28.0 Å². The maximum absolute atomic E-state index is 13.6. The lowest BCUT2D eigenvalue weighted by Gasteiger charge is -2.22. The van der Waals surface area contributed by atoms with E-state index in [0.29, 0.717) is 4.47 Å². The normalized spacial score (nSPS) is 26.8. The van der Waals surface area contributed by atoms with E-state index in [9.17, 15) is 4.39 Å². The number of rotatable bonds is 0. The highest BCUT2D eigenvalue weighted by molar-refractivity contribution is 9.10. The van der Waals surface area contributed by atoms with E-state index in [1.165, 1.54) is 6.07 Å². The fourth-order valence-corrected chi connectivity index (χ4v) is 1.62. The van der Waals surface area contributed by atoms with Crippen LogP contribution in [-0.2, 0) is 6.37 Å². The minimum absolute atomic E-state index is 0.0515. The smallest absolute Gasteiger partial charge is 0.131 e. The van der Waals surface area contributed by atoms with Gasteiger partial charge in [0.25, 0.3) is 0 Å². The highest BCUT2D eigenvalue weighted by Gasteiger charge is 2.20. The van der Waals surface area contributed by atoms with Crippen molar-refractivity contribution in [3.63, 3.8) is 0 Å². The Kier molecular flexibility index (Phi) is 1.71. The van der Waals surface area contributed by atoms with Crippen LogP contribution in [0.4, 0.5) is 4.39 Å². The standard InChI is InChI=1S/C9H9BrFNO/c10-5-1-8(11)7-3-6(12)4-13-9(7)2-5/h1-2,6H,3-4,12H2/i3D2. The SMILES string of the molecule is [2H]C1([2H])c2c(F)cc(Br)cc2OCC1N. The Morgan fingerprint density at radius 2 is 2.46 bits per heavy atom. The van der Waals surface area contributed by atoms with Crippen molar-refractivity contribution in [2.45, 2.75) is 12.4 Å². The lowest BCUT2D eigenvalue weighted by molar-refractivity contribution is 0.259. The first-order valence-corrected chi connectivity index (χ1v) is 4.60. The van der Waals surface area contributed by atoms with Crippen LogP contribution in [0.25, 0.3) is 0 Å². The average Bonchev–Trinajstić information content (AvgIpc) is 2.10. The van der Waals surface area contributed by atoms with Gasteiger partial charge in [-0.3, -0.25) is 0 Å². The summed E-state index contributed by atoms with van der Waals surface area (Å²) in [6.45, 7) is 0.0515. The second-order valence-corrected chi connectivity index (χ2v) is 3.74. The lowest BCUT2D eigenvalue weighted by Crippen LogP contribution is -2.34. The molecule has 1 aromatic rings. The molecule has 2 nitrogen and oxygen atoms in total. The molecule has 0 fully saturated rings. The molecule has 1 heterocycles. The van der Waals surface area contributed by atoms with E-state index in [1.54, 1.807) is 6.07 Å². The number of hydrogen-bond acceptors (Lipinski definition) is 2. The van der Waals surface area contributed by atoms with Crippen molar-refractivity contribution in [1.82, 2.24) is 0 Å². The molecule has 4 heteroatoms. The van der Waals surface area contributed by atoms with E-state index in [-0.39, 0.29) is 17.9 Å². The maximum Gasteiger partial charge on any atom is 0.131 e. The van der Waals surface area contributed by atoms with E-state index in [0.717, 1.165) is 0 Å². The fraction of sp³-hybridized carbons (Fsp3) is 0.333. The van der Waals surface area contributed by atoms with Crippen LogP contribution >= 0.6 is 15.9 Å². The third-order valence-electron chi connectivity index (χ3n) is 1.77. The van der Waals surface area contributed by atoms with Gasteiger partial charge in [-0.25, -0.2) is 4.39 Å². The summed E-state index contributed by atoms with van der Waals surface area (Å²) in [5.41, 5.74) is 5.46. The number of fused-ring (bicyclic) bond motifs is 1. The van der Waals surface area contributed by atoms with Crippen LogP contribution in [0.1, 0.15) is 8.30 Å². The van der Waals surface area contributed by atoms with Gasteiger partial charge in [-0.1, -0.05) is 15.9 Å². The highest BCUT2D eigenvalue weighted by Crippen LogP contribution is 2.30. The molecule has 1 aliphatic rings. The first kappa shape index (κ1) is 6.79. The number of halogens is 2. The molecule has 1 atom stereocenters. The topological polar surface area (TPSA) is 35.2 Å². The monoisotopic (exact) mass is 247 g/mol. The van der Waals surface area contributed by atoms with Gasteiger partial charge in [0.15, 0.2) is 0 Å². The molecule has 0 amide bonds. The fourth-order valence-electron chi connectivity index (χ4n) is 1.21. The van der Waals surface area contributed by atoms with Gasteiger partial charge in [-0.2, -0.15) is 0 Å². The van der Waals surface area contributed by atoms with Gasteiger partial charge in [0.05, 0.1) is 0 Å². The van der Waals surface area contributed by atoms with Crippen molar-refractivity contribution in [1.29, 1.82) is 0 Å². The van der Waals surface area contributed by atoms with Gasteiger partial charge >= 0.3 is 0 Å². The summed E-state index contributed by atoms with van der Waals surface area (Å²) in [4.78, 5) is 0. The van der Waals surface area contributed by atoms with Gasteiger partial charge in [0.2, 0.25) is 0 Å². The summed E-state index contributed by atoms with van der Waals surface area (Å²) in [7, 11) is 0. The molecule has 0 bridgehead atoms. The van der Waals surface area contributed by atoms with Crippen LogP contribution in [0.2, 0.25) is 0 Å². The zero-order valence-electron chi connectivity index (χ0n) is 8.68. The van der Waals surface area contributed by atoms with Gasteiger partial charge < -0.3 is 10.5 Å². The van der Waals surface area contributed by atoms with Crippen LogP contribution in [-0.4, -0.2) is 12.6 Å². The summed E-state index contributed by atoms with van der Waals surface area (Å²) >= 11 is 3.12. The molecule has 0 saturated carbocycles. The molecule has 0 spiro atoms. The molecule has 2 rings (SSSR count). The van der Waals surface area contributed by atoms with E-state index >= 15 is 0 Å². The average molecular weight is 248 g/mol. The van der Waals surface area contributed by atoms with Crippen molar-refractivity contribution in [2.75, 3.05) is 6.61 Å². The number of nitrogens with two attached hydrogens (primary N) is 1. The molecule has 0 aliphatic carbocycles. The third kappa shape index (κ3) is 1.69. The van der Waals surface area contributed by atoms with Crippen LogP contribution in [0.3, 0.4) is 0 Å². The number of hydrogen-bond donors (Lipinski definition) is 1. The lowest BCUT2D eigenvalue weighted by atomic mass is 10.0. The van der Waals surface area contributed by atoms with E-state index in [4.69, 9.17) is 13.2 Å². The van der Waals surface area contributed by atoms with Crippen LogP contribution in [0.15, 0.2) is 16.6 Å². The highest BCUT2D eigenvalue weighted by atomic mass is 79.9. The molecule has 13 heavy (non-hydrogen) atoms. The summed E-state index contributed by atoms with van der Waals surface area (Å²) in [6.07, 6.45) is -1.89. The molecule has 0 radical (unpaired) electrons. The molecule has 1 unspecified atom stereocenters. The Labute approximate surface area is 86.8 Å². The summed E-state index contributed by atoms with van der Waals surface area (Å²) < 4.78 is 34.8. The Bertz CT molecular complexity index is 413. The van der Waals surface area contributed by atoms with Gasteiger partial charge in [0, 0.05) is 18.8 Å². The van der Waals surface area contributed by atoms with Crippen molar-refractivity contribution in [3.8, 4) is 5.75 Å². The Hall–Kier alpha value is -0.610. The molecular formula is C9H9BrFNO. The zero-order chi connectivity index (χ0) is 11.2. The molecular weight excluding hydrogens is 237 g/mol. The van der Waals surface area contributed by atoms with Crippen molar-refractivity contribution < 1.29 is 11.9 Å². The van der Waals surface area contributed by atoms with E-state index < -0.39 is 18.2 Å². The molecule has 0 aromatic heterocycles. The summed E-state index contributed by atoms with van der Waals surface area (Å²) in [6, 6.07) is 1.90. The zero-order valence-corrected chi connectivity index (χ0v) is 8.27. The first-order valence-electron chi connectivity index (χ1n) is 4.81. The molecule has 1 aliphatic heterocycles. The first-order chi connectivity index (χ1) is 6.93. The van der Waals surface area contributed by atoms with E-state index in [2.05, 4.69) is 15.9 Å². The Balaban J connectivity index is 2.64. The Morgan fingerprint density at radius 3 is 3.23 bits per heavy atom. The minimum atomic E-state index is -1.89. The molecule has 2 N–H and O–H groups in total. The van der Waals surface area contributed by atoms with Crippen molar-refractivity contribution in [2.24, 2.45) is 5.73 Å². The summed E-state index contributed by atoms with van der Waals surface area (Å²) in [5, 5.41) is 0. The predicted octanol–water partition coefficient (Wildman–Crippen LogP) is 1.85. The Morgan fingerprint density at radius 1 is 1.69 bits per heavy atom. The number of ether oxygens (including phenoxy) is 1. The number of benzene rings is 1. The predicted molar refractivity (Wildman–Crippen MR) is 51.3 cm³/mol. The molecule has 1 aromatic carbocycles. The minimum Gasteiger partial charge on any atom is -0.492 e. The second kappa shape index (κ2) is 3.27. The van der Waals surface area contributed by atoms with Crippen LogP contribution < -0.4 is 10.5 Å². The maximum atomic E-state index is 13.6. The van der Waals surface area contributed by atoms with Gasteiger partial charge in [0.1, 0.15) is 18.2 Å². The quantitative estimate of drug-likeness (QED) is 0.760. The van der Waals surface area contributed by atoms with Crippen molar-refractivity contribution >= 4 is 15.9 Å². The second-order valence-electron chi connectivity index (χ2n) is 2.82. The third-order valence-corrected chi connectivity index (χ3v) is 2.22. The molecule has 0 saturated heterocycles.